The molecule has 0 spiro atoms. The number of rotatable bonds is 6. The molecule has 1 aromatic rings. The molecular weight excluding hydrogens is 300 g/mol. The molecule has 0 heterocycles. The summed E-state index contributed by atoms with van der Waals surface area (Å²) in [5, 5.41) is 4.19. The molecule has 0 atom stereocenters. The fourth-order valence-corrected chi connectivity index (χ4v) is 1.85. The molecule has 1 aromatic carbocycles. The van der Waals surface area contributed by atoms with Crippen LogP contribution < -0.4 is 5.32 Å². The first-order valence-corrected chi connectivity index (χ1v) is 7.02. The van der Waals surface area contributed by atoms with Crippen molar-refractivity contribution >= 4 is 27.5 Å². The number of likely N-dealkylation sites (N-methyl/N-ethyl adjacent to an activating group) is 1. The van der Waals surface area contributed by atoms with Gasteiger partial charge in [-0.1, -0.05) is 17.7 Å². The van der Waals surface area contributed by atoms with E-state index in [0.717, 1.165) is 29.1 Å². The molecule has 0 aliphatic heterocycles. The molecule has 0 bridgehead atoms. The summed E-state index contributed by atoms with van der Waals surface area (Å²) in [6, 6.07) is 6.65. The lowest BCUT2D eigenvalue weighted by Crippen LogP contribution is -2.33. The van der Waals surface area contributed by atoms with E-state index in [-0.39, 0.29) is 0 Å². The number of nitrogens with one attached hydrogen (secondary N) is 1. The van der Waals surface area contributed by atoms with Crippen LogP contribution in [-0.4, -0.2) is 31.1 Å². The Labute approximate surface area is 117 Å². The van der Waals surface area contributed by atoms with E-state index >= 15 is 0 Å². The van der Waals surface area contributed by atoms with Crippen molar-refractivity contribution in [2.24, 2.45) is 0 Å². The van der Waals surface area contributed by atoms with Gasteiger partial charge in [-0.2, -0.15) is 0 Å². The second-order valence-corrected chi connectivity index (χ2v) is 5.76. The minimum absolute atomic E-state index is 0.596. The molecule has 0 aliphatic rings. The Hall–Kier alpha value is -0.0900. The minimum atomic E-state index is 0.596. The topological polar surface area (TPSA) is 15.3 Å². The molecule has 0 aromatic heterocycles. The van der Waals surface area contributed by atoms with Gasteiger partial charge < -0.3 is 10.2 Å². The third kappa shape index (κ3) is 5.38. The molecule has 0 saturated heterocycles. The average Bonchev–Trinajstić information content (AvgIpc) is 2.28. The van der Waals surface area contributed by atoms with Gasteiger partial charge in [0, 0.05) is 30.1 Å². The maximum atomic E-state index is 6.04. The molecule has 2 nitrogen and oxygen atoms in total. The minimum Gasteiger partial charge on any atom is -0.311 e. The highest BCUT2D eigenvalue weighted by molar-refractivity contribution is 9.10. The van der Waals surface area contributed by atoms with Crippen LogP contribution in [0.4, 0.5) is 0 Å². The Kier molecular flexibility index (Phi) is 6.49. The van der Waals surface area contributed by atoms with Crippen LogP contribution in [0.25, 0.3) is 0 Å². The van der Waals surface area contributed by atoms with E-state index in [1.807, 2.05) is 12.1 Å². The standard InChI is InChI=1S/C13H20BrClN2/c1-10(2)17(3)7-6-16-9-11-4-5-12(14)13(15)8-11/h4-5,8,10,16H,6-7,9H2,1-3H3. The zero-order valence-corrected chi connectivity index (χ0v) is 13.0. The van der Waals surface area contributed by atoms with Crippen LogP contribution in [0.15, 0.2) is 22.7 Å². The van der Waals surface area contributed by atoms with E-state index in [1.54, 1.807) is 0 Å². The fourth-order valence-electron chi connectivity index (χ4n) is 1.40. The molecule has 1 rings (SSSR count). The van der Waals surface area contributed by atoms with E-state index in [4.69, 9.17) is 11.6 Å². The highest BCUT2D eigenvalue weighted by Gasteiger charge is 2.02. The van der Waals surface area contributed by atoms with Gasteiger partial charge in [-0.15, -0.1) is 0 Å². The highest BCUT2D eigenvalue weighted by Crippen LogP contribution is 2.22. The summed E-state index contributed by atoms with van der Waals surface area (Å²) in [6.45, 7) is 7.31. The number of hydrogen-bond donors (Lipinski definition) is 1. The van der Waals surface area contributed by atoms with Crippen molar-refractivity contribution < 1.29 is 0 Å². The number of hydrogen-bond acceptors (Lipinski definition) is 2. The summed E-state index contributed by atoms with van der Waals surface area (Å²) in [5.41, 5.74) is 1.21. The van der Waals surface area contributed by atoms with Gasteiger partial charge in [0.2, 0.25) is 0 Å². The molecule has 1 N–H and O–H groups in total. The van der Waals surface area contributed by atoms with Crippen LogP contribution in [-0.2, 0) is 6.54 Å². The Morgan fingerprint density at radius 1 is 1.41 bits per heavy atom. The summed E-state index contributed by atoms with van der Waals surface area (Å²) in [5.74, 6) is 0. The molecule has 0 saturated carbocycles. The molecule has 0 aliphatic carbocycles. The summed E-state index contributed by atoms with van der Waals surface area (Å²) in [4.78, 5) is 2.32. The van der Waals surface area contributed by atoms with Gasteiger partial charge in [-0.25, -0.2) is 0 Å². The highest BCUT2D eigenvalue weighted by atomic mass is 79.9. The van der Waals surface area contributed by atoms with Crippen molar-refractivity contribution in [3.8, 4) is 0 Å². The van der Waals surface area contributed by atoms with Gasteiger partial charge in [0.25, 0.3) is 0 Å². The van der Waals surface area contributed by atoms with E-state index in [2.05, 4.69) is 53.1 Å². The van der Waals surface area contributed by atoms with E-state index in [0.29, 0.717) is 6.04 Å². The first kappa shape index (κ1) is 15.0. The van der Waals surface area contributed by atoms with Crippen LogP contribution in [0.1, 0.15) is 19.4 Å². The SMILES string of the molecule is CC(C)N(C)CCNCc1ccc(Br)c(Cl)c1. The van der Waals surface area contributed by atoms with Crippen molar-refractivity contribution in [1.29, 1.82) is 0 Å². The van der Waals surface area contributed by atoms with Crippen molar-refractivity contribution in [2.75, 3.05) is 20.1 Å². The lowest BCUT2D eigenvalue weighted by molar-refractivity contribution is 0.273. The van der Waals surface area contributed by atoms with Gasteiger partial charge in [-0.05, 0) is 54.5 Å². The lowest BCUT2D eigenvalue weighted by Gasteiger charge is -2.20. The Balaban J connectivity index is 2.29. The second-order valence-electron chi connectivity index (χ2n) is 4.50. The predicted molar refractivity (Wildman–Crippen MR) is 78.6 cm³/mol. The molecule has 0 fully saturated rings. The number of halogens is 2. The third-order valence-corrected chi connectivity index (χ3v) is 4.07. The molecule has 17 heavy (non-hydrogen) atoms. The molecular formula is C13H20BrClN2. The van der Waals surface area contributed by atoms with Crippen LogP contribution in [0.3, 0.4) is 0 Å². The van der Waals surface area contributed by atoms with E-state index in [1.165, 1.54) is 5.56 Å². The number of benzene rings is 1. The van der Waals surface area contributed by atoms with E-state index in [9.17, 15) is 0 Å². The monoisotopic (exact) mass is 318 g/mol. The summed E-state index contributed by atoms with van der Waals surface area (Å²) >= 11 is 9.42. The maximum absolute atomic E-state index is 6.04. The summed E-state index contributed by atoms with van der Waals surface area (Å²) in [7, 11) is 2.14. The van der Waals surface area contributed by atoms with Crippen LogP contribution in [0.2, 0.25) is 5.02 Å². The first-order valence-electron chi connectivity index (χ1n) is 5.85. The van der Waals surface area contributed by atoms with Gasteiger partial charge in [0.05, 0.1) is 5.02 Å². The molecule has 0 amide bonds. The zero-order valence-electron chi connectivity index (χ0n) is 10.6. The van der Waals surface area contributed by atoms with Gasteiger partial charge in [-0.3, -0.25) is 0 Å². The smallest absolute Gasteiger partial charge is 0.0551 e. The average molecular weight is 320 g/mol. The second kappa shape index (κ2) is 7.37. The van der Waals surface area contributed by atoms with Gasteiger partial charge in [0.15, 0.2) is 0 Å². The summed E-state index contributed by atoms with van der Waals surface area (Å²) in [6.07, 6.45) is 0. The van der Waals surface area contributed by atoms with Crippen molar-refractivity contribution in [1.82, 2.24) is 10.2 Å². The fraction of sp³-hybridized carbons (Fsp3) is 0.538. The Morgan fingerprint density at radius 3 is 2.71 bits per heavy atom. The van der Waals surface area contributed by atoms with Crippen molar-refractivity contribution in [2.45, 2.75) is 26.4 Å². The van der Waals surface area contributed by atoms with Crippen molar-refractivity contribution in [3.05, 3.63) is 33.3 Å². The molecule has 0 radical (unpaired) electrons. The van der Waals surface area contributed by atoms with Gasteiger partial charge in [0.1, 0.15) is 0 Å². The summed E-state index contributed by atoms with van der Waals surface area (Å²) < 4.78 is 0.947. The van der Waals surface area contributed by atoms with Crippen LogP contribution >= 0.6 is 27.5 Å². The number of nitrogens with zero attached hydrogens (tertiary/aromatic N) is 1. The predicted octanol–water partition coefficient (Wildman–Crippen LogP) is 3.53. The van der Waals surface area contributed by atoms with Crippen molar-refractivity contribution in [3.63, 3.8) is 0 Å². The van der Waals surface area contributed by atoms with Crippen LogP contribution in [0, 0.1) is 0 Å². The third-order valence-electron chi connectivity index (χ3n) is 2.84. The lowest BCUT2D eigenvalue weighted by atomic mass is 10.2. The molecule has 0 unspecified atom stereocenters. The maximum Gasteiger partial charge on any atom is 0.0551 e. The largest absolute Gasteiger partial charge is 0.311 e. The quantitative estimate of drug-likeness (QED) is 0.807. The van der Waals surface area contributed by atoms with Gasteiger partial charge >= 0.3 is 0 Å². The first-order chi connectivity index (χ1) is 8.00. The zero-order chi connectivity index (χ0) is 12.8. The van der Waals surface area contributed by atoms with E-state index < -0.39 is 0 Å². The molecule has 4 heteroatoms. The van der Waals surface area contributed by atoms with Crippen LogP contribution in [0.5, 0.6) is 0 Å². The Morgan fingerprint density at radius 2 is 2.12 bits per heavy atom. The molecule has 96 valence electrons. The Bertz CT molecular complexity index is 355. The normalized spacial score (nSPS) is 11.5.